The molecule has 0 bridgehead atoms. The van der Waals surface area contributed by atoms with Gasteiger partial charge in [0.1, 0.15) is 5.69 Å². The van der Waals surface area contributed by atoms with Gasteiger partial charge in [0.25, 0.3) is 5.69 Å². The average Bonchev–Trinajstić information content (AvgIpc) is 2.43. The molecule has 2 rings (SSSR count). The van der Waals surface area contributed by atoms with Crippen LogP contribution in [-0.4, -0.2) is 16.0 Å². The van der Waals surface area contributed by atoms with Gasteiger partial charge in [0.15, 0.2) is 0 Å². The van der Waals surface area contributed by atoms with Crippen molar-refractivity contribution in [1.29, 1.82) is 0 Å². The van der Waals surface area contributed by atoms with Crippen molar-refractivity contribution >= 4 is 39.0 Å². The summed E-state index contributed by atoms with van der Waals surface area (Å²) in [6.45, 7) is 1.89. The summed E-state index contributed by atoms with van der Waals surface area (Å²) in [6.07, 6.45) is 0. The second kappa shape index (κ2) is 5.92. The number of aromatic carboxylic acids is 1. The normalized spacial score (nSPS) is 10.2. The number of nitro groups is 1. The molecule has 0 aromatic heterocycles. The first kappa shape index (κ1) is 15.0. The second-order valence-electron chi connectivity index (χ2n) is 4.36. The van der Waals surface area contributed by atoms with Crippen molar-refractivity contribution in [3.05, 3.63) is 62.1 Å². The smallest absolute Gasteiger partial charge is 0.335 e. The number of carbonyl (C=O) groups is 1. The zero-order valence-electron chi connectivity index (χ0n) is 11.0. The van der Waals surface area contributed by atoms with Crippen LogP contribution in [0.2, 0.25) is 0 Å². The molecule has 0 aliphatic carbocycles. The number of hydrogen-bond donors (Lipinski definition) is 2. The van der Waals surface area contributed by atoms with Crippen LogP contribution in [0.3, 0.4) is 0 Å². The first-order valence-electron chi connectivity index (χ1n) is 5.94. The van der Waals surface area contributed by atoms with E-state index in [2.05, 4.69) is 21.2 Å². The molecule has 0 amide bonds. The van der Waals surface area contributed by atoms with Gasteiger partial charge in [0.05, 0.1) is 16.2 Å². The van der Waals surface area contributed by atoms with Crippen LogP contribution in [-0.2, 0) is 0 Å². The van der Waals surface area contributed by atoms with Gasteiger partial charge in [-0.3, -0.25) is 10.1 Å². The van der Waals surface area contributed by atoms with E-state index in [-0.39, 0.29) is 16.9 Å². The molecule has 0 aliphatic heterocycles. The number of anilines is 2. The van der Waals surface area contributed by atoms with Crippen LogP contribution >= 0.6 is 15.9 Å². The molecular weight excluding hydrogens is 340 g/mol. The Kier molecular flexibility index (Phi) is 4.23. The van der Waals surface area contributed by atoms with E-state index < -0.39 is 10.9 Å². The average molecular weight is 351 g/mol. The largest absolute Gasteiger partial charge is 0.478 e. The summed E-state index contributed by atoms with van der Waals surface area (Å²) in [5.74, 6) is -1.14. The Morgan fingerprint density at radius 3 is 2.62 bits per heavy atom. The van der Waals surface area contributed by atoms with Crippen LogP contribution in [0, 0.1) is 17.0 Å². The summed E-state index contributed by atoms with van der Waals surface area (Å²) in [5, 5.41) is 23.0. The van der Waals surface area contributed by atoms with Gasteiger partial charge in [-0.25, -0.2) is 4.79 Å². The first-order chi connectivity index (χ1) is 9.90. The number of carboxylic acid groups (broad SMARTS) is 1. The Bertz CT molecular complexity index is 731. The molecule has 0 spiro atoms. The van der Waals surface area contributed by atoms with Crippen molar-refractivity contribution in [3.63, 3.8) is 0 Å². The lowest BCUT2D eigenvalue weighted by Gasteiger charge is -2.11. The van der Waals surface area contributed by atoms with Crippen LogP contribution in [0.25, 0.3) is 0 Å². The van der Waals surface area contributed by atoms with Crippen LogP contribution in [0.1, 0.15) is 15.9 Å². The van der Waals surface area contributed by atoms with Gasteiger partial charge in [0, 0.05) is 10.5 Å². The van der Waals surface area contributed by atoms with Crippen molar-refractivity contribution in [2.75, 3.05) is 5.32 Å². The summed E-state index contributed by atoms with van der Waals surface area (Å²) < 4.78 is 0.764. The van der Waals surface area contributed by atoms with E-state index in [4.69, 9.17) is 5.11 Å². The lowest BCUT2D eigenvalue weighted by atomic mass is 10.1. The molecule has 2 N–H and O–H groups in total. The van der Waals surface area contributed by atoms with Crippen LogP contribution in [0.15, 0.2) is 40.9 Å². The molecule has 0 fully saturated rings. The minimum atomic E-state index is -1.14. The zero-order chi connectivity index (χ0) is 15.6. The number of halogens is 1. The highest BCUT2D eigenvalue weighted by Crippen LogP contribution is 2.33. The molecule has 0 radical (unpaired) electrons. The molecule has 21 heavy (non-hydrogen) atoms. The molecule has 6 nitrogen and oxygen atoms in total. The van der Waals surface area contributed by atoms with E-state index >= 15 is 0 Å². The molecule has 2 aromatic carbocycles. The summed E-state index contributed by atoms with van der Waals surface area (Å²) in [6, 6.07) is 9.06. The maximum Gasteiger partial charge on any atom is 0.335 e. The van der Waals surface area contributed by atoms with E-state index in [0.29, 0.717) is 5.69 Å². The Morgan fingerprint density at radius 1 is 1.29 bits per heavy atom. The van der Waals surface area contributed by atoms with Gasteiger partial charge in [-0.2, -0.15) is 0 Å². The predicted octanol–water partition coefficient (Wildman–Crippen LogP) is 4.11. The first-order valence-corrected chi connectivity index (χ1v) is 6.73. The minimum Gasteiger partial charge on any atom is -0.478 e. The third-order valence-corrected chi connectivity index (χ3v) is 3.95. The molecule has 0 atom stereocenters. The fraction of sp³-hybridized carbons (Fsp3) is 0.0714. The number of benzene rings is 2. The highest BCUT2D eigenvalue weighted by Gasteiger charge is 2.17. The number of rotatable bonds is 4. The molecule has 0 saturated carbocycles. The van der Waals surface area contributed by atoms with E-state index in [1.807, 2.05) is 13.0 Å². The molecule has 0 unspecified atom stereocenters. The van der Waals surface area contributed by atoms with E-state index in [0.717, 1.165) is 10.0 Å². The maximum atomic E-state index is 11.1. The molecule has 0 saturated heterocycles. The van der Waals surface area contributed by atoms with E-state index in [1.165, 1.54) is 18.2 Å². The molecular formula is C14H11BrN2O4. The van der Waals surface area contributed by atoms with Crippen molar-refractivity contribution in [2.24, 2.45) is 0 Å². The van der Waals surface area contributed by atoms with Gasteiger partial charge < -0.3 is 10.4 Å². The molecule has 2 aromatic rings. The zero-order valence-corrected chi connectivity index (χ0v) is 12.5. The number of hydrogen-bond acceptors (Lipinski definition) is 4. The maximum absolute atomic E-state index is 11.1. The topological polar surface area (TPSA) is 92.5 Å². The van der Waals surface area contributed by atoms with Crippen molar-refractivity contribution in [2.45, 2.75) is 6.92 Å². The van der Waals surface area contributed by atoms with Gasteiger partial charge in [-0.05, 0) is 46.6 Å². The third-order valence-electron chi connectivity index (χ3n) is 2.90. The molecule has 108 valence electrons. The fourth-order valence-corrected chi connectivity index (χ4v) is 2.18. The van der Waals surface area contributed by atoms with Crippen molar-refractivity contribution < 1.29 is 14.8 Å². The highest BCUT2D eigenvalue weighted by molar-refractivity contribution is 9.10. The summed E-state index contributed by atoms with van der Waals surface area (Å²) in [4.78, 5) is 21.5. The second-order valence-corrected chi connectivity index (χ2v) is 5.15. The standard InChI is InChI=1S/C14H11BrN2O4/c1-8-3-2-4-10(13(8)15)16-11-7-9(14(18)19)5-6-12(11)17(20)21/h2-7,16H,1H3,(H,18,19). The molecule has 0 heterocycles. The lowest BCUT2D eigenvalue weighted by Crippen LogP contribution is -2.02. The van der Waals surface area contributed by atoms with Crippen LogP contribution in [0.5, 0.6) is 0 Å². The summed E-state index contributed by atoms with van der Waals surface area (Å²) in [7, 11) is 0. The van der Waals surface area contributed by atoms with Gasteiger partial charge >= 0.3 is 5.97 Å². The van der Waals surface area contributed by atoms with Crippen LogP contribution < -0.4 is 5.32 Å². The summed E-state index contributed by atoms with van der Waals surface area (Å²) >= 11 is 3.40. The monoisotopic (exact) mass is 350 g/mol. The summed E-state index contributed by atoms with van der Waals surface area (Å²) in [5.41, 5.74) is 1.50. The van der Waals surface area contributed by atoms with E-state index in [1.54, 1.807) is 12.1 Å². The number of nitrogens with one attached hydrogen (secondary N) is 1. The van der Waals surface area contributed by atoms with Crippen molar-refractivity contribution in [1.82, 2.24) is 0 Å². The Labute approximate surface area is 128 Å². The highest BCUT2D eigenvalue weighted by atomic mass is 79.9. The van der Waals surface area contributed by atoms with Crippen molar-refractivity contribution in [3.8, 4) is 0 Å². The molecule has 7 heteroatoms. The van der Waals surface area contributed by atoms with Gasteiger partial charge in [-0.15, -0.1) is 0 Å². The third kappa shape index (κ3) is 3.19. The number of nitro benzene ring substituents is 1. The number of aryl methyl sites for hydroxylation is 1. The number of nitrogens with zero attached hydrogens (tertiary/aromatic N) is 1. The van der Waals surface area contributed by atoms with E-state index in [9.17, 15) is 14.9 Å². The Hall–Kier alpha value is -2.41. The van der Waals surface area contributed by atoms with Crippen LogP contribution in [0.4, 0.5) is 17.1 Å². The Morgan fingerprint density at radius 2 is 2.00 bits per heavy atom. The number of carboxylic acids is 1. The fourth-order valence-electron chi connectivity index (χ4n) is 1.82. The Balaban J connectivity index is 2.51. The quantitative estimate of drug-likeness (QED) is 0.639. The van der Waals surface area contributed by atoms with Gasteiger partial charge in [-0.1, -0.05) is 12.1 Å². The SMILES string of the molecule is Cc1cccc(Nc2cc(C(=O)O)ccc2[N+](=O)[O-])c1Br. The van der Waals surface area contributed by atoms with Gasteiger partial charge in [0.2, 0.25) is 0 Å². The minimum absolute atomic E-state index is 0.0214. The lowest BCUT2D eigenvalue weighted by molar-refractivity contribution is -0.383. The molecule has 0 aliphatic rings. The predicted molar refractivity (Wildman–Crippen MR) is 82.2 cm³/mol.